The van der Waals surface area contributed by atoms with Crippen LogP contribution in [-0.4, -0.2) is 0 Å². The molecule has 0 fully saturated rings. The maximum absolute atomic E-state index is 6.41. The van der Waals surface area contributed by atoms with Gasteiger partial charge in [0.2, 0.25) is 0 Å². The third-order valence-corrected chi connectivity index (χ3v) is 5.42. The topological polar surface area (TPSA) is 26.0 Å². The van der Waals surface area contributed by atoms with E-state index >= 15 is 0 Å². The molecule has 0 unspecified atom stereocenters. The molecule has 0 aliphatic heterocycles. The van der Waals surface area contributed by atoms with Crippen molar-refractivity contribution in [1.82, 2.24) is 0 Å². The van der Waals surface area contributed by atoms with E-state index < -0.39 is 0 Å². The lowest BCUT2D eigenvalue weighted by Gasteiger charge is -2.18. The van der Waals surface area contributed by atoms with E-state index in [-0.39, 0.29) is 17.0 Å². The van der Waals surface area contributed by atoms with Crippen molar-refractivity contribution in [2.24, 2.45) is 0 Å². The molecule has 0 atom stereocenters. The number of nitrogen functional groups attached to an aromatic ring is 1. The third kappa shape index (κ3) is 10.00. The highest BCUT2D eigenvalue weighted by atomic mass is 79.9. The SMILES string of the molecule is Br.CCCCCCc1ccc(N)c(CCCCCC)c1CCCCCC. The van der Waals surface area contributed by atoms with Crippen molar-refractivity contribution >= 4 is 22.7 Å². The van der Waals surface area contributed by atoms with Gasteiger partial charge in [0.25, 0.3) is 0 Å². The summed E-state index contributed by atoms with van der Waals surface area (Å²) in [5.41, 5.74) is 12.1. The van der Waals surface area contributed by atoms with Crippen molar-refractivity contribution in [3.63, 3.8) is 0 Å². The first-order chi connectivity index (χ1) is 12.2. The fourth-order valence-electron chi connectivity index (χ4n) is 3.80. The molecule has 1 rings (SSSR count). The first-order valence-electron chi connectivity index (χ1n) is 11.1. The van der Waals surface area contributed by atoms with Crippen molar-refractivity contribution < 1.29 is 0 Å². The predicted octanol–water partition coefficient (Wildman–Crippen LogP) is 8.22. The van der Waals surface area contributed by atoms with Gasteiger partial charge in [0.1, 0.15) is 0 Å². The van der Waals surface area contributed by atoms with Crippen LogP contribution in [0.5, 0.6) is 0 Å². The van der Waals surface area contributed by atoms with Crippen LogP contribution in [0.2, 0.25) is 0 Å². The van der Waals surface area contributed by atoms with Gasteiger partial charge in [0, 0.05) is 5.69 Å². The standard InChI is InChI=1S/C24H43N.BrH/c1-4-7-10-13-16-21-19-20-24(25)23(18-15-12-9-6-3)22(21)17-14-11-8-5-2;/h19-20H,4-18,25H2,1-3H3;1H. The zero-order valence-electron chi connectivity index (χ0n) is 17.7. The lowest BCUT2D eigenvalue weighted by molar-refractivity contribution is 0.640. The van der Waals surface area contributed by atoms with Crippen molar-refractivity contribution in [2.75, 3.05) is 5.73 Å². The van der Waals surface area contributed by atoms with E-state index in [1.807, 2.05) is 0 Å². The Morgan fingerprint density at radius 1 is 0.577 bits per heavy atom. The average molecular weight is 427 g/mol. The van der Waals surface area contributed by atoms with Gasteiger partial charge in [-0.3, -0.25) is 0 Å². The van der Waals surface area contributed by atoms with Gasteiger partial charge in [-0.15, -0.1) is 17.0 Å². The number of nitrogens with two attached hydrogens (primary N) is 1. The van der Waals surface area contributed by atoms with Gasteiger partial charge in [0.15, 0.2) is 0 Å². The minimum absolute atomic E-state index is 0. The molecule has 0 spiro atoms. The summed E-state index contributed by atoms with van der Waals surface area (Å²) in [5, 5.41) is 0. The van der Waals surface area contributed by atoms with E-state index in [0.29, 0.717) is 0 Å². The maximum atomic E-state index is 6.41. The van der Waals surface area contributed by atoms with Gasteiger partial charge in [-0.25, -0.2) is 0 Å². The van der Waals surface area contributed by atoms with Crippen molar-refractivity contribution in [3.8, 4) is 0 Å². The summed E-state index contributed by atoms with van der Waals surface area (Å²) in [6.07, 6.45) is 19.7. The fourth-order valence-corrected chi connectivity index (χ4v) is 3.80. The van der Waals surface area contributed by atoms with Crippen LogP contribution in [0.3, 0.4) is 0 Å². The molecule has 0 saturated heterocycles. The van der Waals surface area contributed by atoms with E-state index in [1.54, 1.807) is 11.1 Å². The smallest absolute Gasteiger partial charge is 0.0349 e. The molecule has 0 amide bonds. The molecule has 0 aliphatic rings. The quantitative estimate of drug-likeness (QED) is 0.222. The lowest BCUT2D eigenvalue weighted by Crippen LogP contribution is -2.06. The highest BCUT2D eigenvalue weighted by molar-refractivity contribution is 8.93. The van der Waals surface area contributed by atoms with Crippen LogP contribution in [0.4, 0.5) is 5.69 Å². The second kappa shape index (κ2) is 16.7. The predicted molar refractivity (Wildman–Crippen MR) is 125 cm³/mol. The zero-order chi connectivity index (χ0) is 18.3. The van der Waals surface area contributed by atoms with Crippen LogP contribution < -0.4 is 5.73 Å². The summed E-state index contributed by atoms with van der Waals surface area (Å²) in [4.78, 5) is 0. The largest absolute Gasteiger partial charge is 0.398 e. The van der Waals surface area contributed by atoms with Crippen LogP contribution in [0.25, 0.3) is 0 Å². The van der Waals surface area contributed by atoms with Crippen LogP contribution in [0.15, 0.2) is 12.1 Å². The number of halogens is 1. The summed E-state index contributed by atoms with van der Waals surface area (Å²) < 4.78 is 0. The molecule has 0 aromatic heterocycles. The van der Waals surface area contributed by atoms with Gasteiger partial charge >= 0.3 is 0 Å². The molecule has 0 heterocycles. The second-order valence-electron chi connectivity index (χ2n) is 7.70. The fraction of sp³-hybridized carbons (Fsp3) is 0.750. The van der Waals surface area contributed by atoms with E-state index in [4.69, 9.17) is 5.73 Å². The lowest BCUT2D eigenvalue weighted by atomic mass is 9.89. The van der Waals surface area contributed by atoms with Crippen molar-refractivity contribution in [3.05, 3.63) is 28.8 Å². The molecule has 152 valence electrons. The minimum Gasteiger partial charge on any atom is -0.398 e. The molecule has 1 aromatic rings. The van der Waals surface area contributed by atoms with E-state index in [1.165, 1.54) is 102 Å². The van der Waals surface area contributed by atoms with Gasteiger partial charge in [0.05, 0.1) is 0 Å². The molecule has 2 heteroatoms. The van der Waals surface area contributed by atoms with Gasteiger partial charge in [-0.05, 0) is 61.3 Å². The first kappa shape index (κ1) is 25.5. The summed E-state index contributed by atoms with van der Waals surface area (Å²) in [7, 11) is 0. The molecule has 0 saturated carbocycles. The Balaban J connectivity index is 0.00000625. The molecule has 1 nitrogen and oxygen atoms in total. The molecule has 26 heavy (non-hydrogen) atoms. The number of rotatable bonds is 15. The number of anilines is 1. The van der Waals surface area contributed by atoms with Crippen LogP contribution in [0, 0.1) is 0 Å². The summed E-state index contributed by atoms with van der Waals surface area (Å²) in [6.45, 7) is 6.86. The normalized spacial score (nSPS) is 10.7. The Hall–Kier alpha value is -0.500. The average Bonchev–Trinajstić information content (AvgIpc) is 2.62. The number of hydrogen-bond acceptors (Lipinski definition) is 1. The number of benzene rings is 1. The first-order valence-corrected chi connectivity index (χ1v) is 11.1. The van der Waals surface area contributed by atoms with Crippen molar-refractivity contribution in [1.29, 1.82) is 0 Å². The summed E-state index contributed by atoms with van der Waals surface area (Å²) in [5.74, 6) is 0. The molecule has 0 radical (unpaired) electrons. The molecule has 2 N–H and O–H groups in total. The Kier molecular flexibility index (Phi) is 16.3. The van der Waals surface area contributed by atoms with Crippen LogP contribution >= 0.6 is 17.0 Å². The maximum Gasteiger partial charge on any atom is 0.0349 e. The number of unbranched alkanes of at least 4 members (excludes halogenated alkanes) is 9. The Labute approximate surface area is 174 Å². The molecule has 0 aliphatic carbocycles. The van der Waals surface area contributed by atoms with Gasteiger partial charge in [-0.1, -0.05) is 84.6 Å². The molecular weight excluding hydrogens is 382 g/mol. The molecule has 1 aromatic carbocycles. The Morgan fingerprint density at radius 2 is 1.04 bits per heavy atom. The van der Waals surface area contributed by atoms with Gasteiger partial charge in [-0.2, -0.15) is 0 Å². The highest BCUT2D eigenvalue weighted by Crippen LogP contribution is 2.27. The Morgan fingerprint density at radius 3 is 1.54 bits per heavy atom. The van der Waals surface area contributed by atoms with Crippen LogP contribution in [-0.2, 0) is 19.3 Å². The number of aryl methyl sites for hydroxylation is 1. The number of hydrogen-bond donors (Lipinski definition) is 1. The van der Waals surface area contributed by atoms with E-state index in [0.717, 1.165) is 5.69 Å². The van der Waals surface area contributed by atoms with Gasteiger partial charge < -0.3 is 5.73 Å². The zero-order valence-corrected chi connectivity index (χ0v) is 19.5. The molecule has 0 bridgehead atoms. The monoisotopic (exact) mass is 425 g/mol. The second-order valence-corrected chi connectivity index (χ2v) is 7.70. The van der Waals surface area contributed by atoms with E-state index in [2.05, 4.69) is 32.9 Å². The van der Waals surface area contributed by atoms with E-state index in [9.17, 15) is 0 Å². The van der Waals surface area contributed by atoms with Crippen LogP contribution in [0.1, 0.15) is 115 Å². The van der Waals surface area contributed by atoms with Crippen molar-refractivity contribution in [2.45, 2.75) is 117 Å². The highest BCUT2D eigenvalue weighted by Gasteiger charge is 2.12. The molecular formula is C24H44BrN. The summed E-state index contributed by atoms with van der Waals surface area (Å²) in [6, 6.07) is 4.51. The summed E-state index contributed by atoms with van der Waals surface area (Å²) >= 11 is 0. The minimum atomic E-state index is 0. The Bertz CT molecular complexity index is 456. The third-order valence-electron chi connectivity index (χ3n) is 5.42.